The SMILES string of the molecule is CCCCN(c1ccccc1)c1cc(NN)ncn1. The molecule has 1 aromatic carbocycles. The molecule has 0 amide bonds. The van der Waals surface area contributed by atoms with Crippen molar-refractivity contribution in [1.29, 1.82) is 0 Å². The summed E-state index contributed by atoms with van der Waals surface area (Å²) in [5.74, 6) is 6.86. The largest absolute Gasteiger partial charge is 0.326 e. The van der Waals surface area contributed by atoms with E-state index in [1.54, 1.807) is 0 Å². The minimum Gasteiger partial charge on any atom is -0.326 e. The number of aromatic nitrogens is 2. The van der Waals surface area contributed by atoms with Gasteiger partial charge in [0.15, 0.2) is 0 Å². The fourth-order valence-corrected chi connectivity index (χ4v) is 1.87. The molecule has 1 heterocycles. The Balaban J connectivity index is 2.31. The van der Waals surface area contributed by atoms with Crippen LogP contribution in [-0.4, -0.2) is 16.5 Å². The summed E-state index contributed by atoms with van der Waals surface area (Å²) in [6.07, 6.45) is 3.76. The van der Waals surface area contributed by atoms with Gasteiger partial charge in [0.25, 0.3) is 0 Å². The molecule has 5 heteroatoms. The monoisotopic (exact) mass is 257 g/mol. The summed E-state index contributed by atoms with van der Waals surface area (Å²) in [5.41, 5.74) is 3.67. The number of nitrogen functional groups attached to an aromatic ring is 1. The Bertz CT molecular complexity index is 500. The lowest BCUT2D eigenvalue weighted by Crippen LogP contribution is -2.20. The zero-order valence-electron chi connectivity index (χ0n) is 11.1. The van der Waals surface area contributed by atoms with Crippen LogP contribution in [0.2, 0.25) is 0 Å². The van der Waals surface area contributed by atoms with Gasteiger partial charge in [-0.15, -0.1) is 0 Å². The molecule has 0 aliphatic rings. The Hall–Kier alpha value is -2.14. The molecule has 0 aliphatic heterocycles. The van der Waals surface area contributed by atoms with Crippen molar-refractivity contribution in [3.63, 3.8) is 0 Å². The van der Waals surface area contributed by atoms with Crippen LogP contribution in [0, 0.1) is 0 Å². The Morgan fingerprint density at radius 1 is 1.21 bits per heavy atom. The summed E-state index contributed by atoms with van der Waals surface area (Å²) < 4.78 is 0. The first-order chi connectivity index (χ1) is 9.35. The van der Waals surface area contributed by atoms with Gasteiger partial charge < -0.3 is 10.3 Å². The second kappa shape index (κ2) is 6.70. The Kier molecular flexibility index (Phi) is 4.69. The zero-order valence-corrected chi connectivity index (χ0v) is 11.1. The standard InChI is InChI=1S/C14H19N5/c1-2-3-9-19(12-7-5-4-6-8-12)14-10-13(18-15)16-11-17-14/h4-8,10-11H,2-3,9,15H2,1H3,(H,16,17,18). The van der Waals surface area contributed by atoms with Crippen molar-refractivity contribution in [3.05, 3.63) is 42.7 Å². The van der Waals surface area contributed by atoms with Gasteiger partial charge in [-0.2, -0.15) is 0 Å². The number of nitrogens with two attached hydrogens (primary N) is 1. The van der Waals surface area contributed by atoms with Crippen molar-refractivity contribution < 1.29 is 0 Å². The number of hydrogen-bond acceptors (Lipinski definition) is 5. The van der Waals surface area contributed by atoms with E-state index in [-0.39, 0.29) is 0 Å². The summed E-state index contributed by atoms with van der Waals surface area (Å²) in [6.45, 7) is 3.09. The lowest BCUT2D eigenvalue weighted by Gasteiger charge is -2.23. The van der Waals surface area contributed by atoms with Crippen molar-refractivity contribution in [1.82, 2.24) is 9.97 Å². The van der Waals surface area contributed by atoms with Gasteiger partial charge in [-0.1, -0.05) is 31.5 Å². The first kappa shape index (κ1) is 13.3. The van der Waals surface area contributed by atoms with Gasteiger partial charge in [-0.3, -0.25) is 0 Å². The molecule has 3 N–H and O–H groups in total. The topological polar surface area (TPSA) is 67.1 Å². The molecule has 0 bridgehead atoms. The number of rotatable bonds is 6. The van der Waals surface area contributed by atoms with Gasteiger partial charge >= 0.3 is 0 Å². The first-order valence-electron chi connectivity index (χ1n) is 6.46. The predicted octanol–water partition coefficient (Wildman–Crippen LogP) is 2.70. The Morgan fingerprint density at radius 2 is 2.00 bits per heavy atom. The molecule has 2 rings (SSSR count). The lowest BCUT2D eigenvalue weighted by atomic mass is 10.2. The molecule has 0 aliphatic carbocycles. The number of unbranched alkanes of at least 4 members (excludes halogenated alkanes) is 1. The van der Waals surface area contributed by atoms with Crippen molar-refractivity contribution in [2.75, 3.05) is 16.9 Å². The van der Waals surface area contributed by atoms with E-state index >= 15 is 0 Å². The number of nitrogens with zero attached hydrogens (tertiary/aromatic N) is 3. The van der Waals surface area contributed by atoms with Crippen LogP contribution in [0.15, 0.2) is 42.7 Å². The van der Waals surface area contributed by atoms with Gasteiger partial charge in [0.1, 0.15) is 18.0 Å². The number of benzene rings is 1. The van der Waals surface area contributed by atoms with Gasteiger partial charge in [0, 0.05) is 18.3 Å². The van der Waals surface area contributed by atoms with Crippen LogP contribution >= 0.6 is 0 Å². The second-order valence-electron chi connectivity index (χ2n) is 4.25. The normalized spacial score (nSPS) is 10.2. The van der Waals surface area contributed by atoms with Crippen LogP contribution in [0.25, 0.3) is 0 Å². The predicted molar refractivity (Wildman–Crippen MR) is 78.2 cm³/mol. The lowest BCUT2D eigenvalue weighted by molar-refractivity contribution is 0.778. The molecular formula is C14H19N5. The van der Waals surface area contributed by atoms with Crippen LogP contribution in [0.4, 0.5) is 17.3 Å². The van der Waals surface area contributed by atoms with E-state index in [0.29, 0.717) is 5.82 Å². The first-order valence-corrected chi connectivity index (χ1v) is 6.46. The average molecular weight is 257 g/mol. The van der Waals surface area contributed by atoms with Gasteiger partial charge in [-0.25, -0.2) is 15.8 Å². The molecule has 100 valence electrons. The van der Waals surface area contributed by atoms with Crippen LogP contribution in [0.3, 0.4) is 0 Å². The van der Waals surface area contributed by atoms with E-state index < -0.39 is 0 Å². The smallest absolute Gasteiger partial charge is 0.145 e. The highest BCUT2D eigenvalue weighted by Crippen LogP contribution is 2.24. The molecule has 0 spiro atoms. The summed E-state index contributed by atoms with van der Waals surface area (Å²) in [7, 11) is 0. The van der Waals surface area contributed by atoms with E-state index in [9.17, 15) is 0 Å². The molecule has 0 saturated carbocycles. The molecule has 1 aromatic heterocycles. The Morgan fingerprint density at radius 3 is 2.68 bits per heavy atom. The van der Waals surface area contributed by atoms with Crippen molar-refractivity contribution >= 4 is 17.3 Å². The second-order valence-corrected chi connectivity index (χ2v) is 4.25. The van der Waals surface area contributed by atoms with Crippen LogP contribution in [-0.2, 0) is 0 Å². The van der Waals surface area contributed by atoms with E-state index in [4.69, 9.17) is 5.84 Å². The van der Waals surface area contributed by atoms with Crippen LogP contribution in [0.5, 0.6) is 0 Å². The van der Waals surface area contributed by atoms with E-state index in [0.717, 1.165) is 30.9 Å². The maximum absolute atomic E-state index is 5.40. The van der Waals surface area contributed by atoms with Crippen LogP contribution < -0.4 is 16.2 Å². The van der Waals surface area contributed by atoms with Gasteiger partial charge in [0.05, 0.1) is 0 Å². The fraction of sp³-hybridized carbons (Fsp3) is 0.286. The minimum atomic E-state index is 0.613. The van der Waals surface area contributed by atoms with E-state index in [1.807, 2.05) is 24.3 Å². The summed E-state index contributed by atoms with van der Waals surface area (Å²) in [6, 6.07) is 12.1. The number of hydrogen-bond donors (Lipinski definition) is 2. The molecule has 0 fully saturated rings. The highest BCUT2D eigenvalue weighted by Gasteiger charge is 2.10. The third kappa shape index (κ3) is 3.42. The number of hydrazine groups is 1. The molecule has 0 saturated heterocycles. The van der Waals surface area contributed by atoms with Crippen molar-refractivity contribution in [2.45, 2.75) is 19.8 Å². The highest BCUT2D eigenvalue weighted by atomic mass is 15.3. The maximum Gasteiger partial charge on any atom is 0.145 e. The Labute approximate surface area is 113 Å². The maximum atomic E-state index is 5.40. The zero-order chi connectivity index (χ0) is 13.5. The number of nitrogens with one attached hydrogen (secondary N) is 1. The fourth-order valence-electron chi connectivity index (χ4n) is 1.87. The molecular weight excluding hydrogens is 238 g/mol. The van der Waals surface area contributed by atoms with Crippen molar-refractivity contribution in [2.24, 2.45) is 5.84 Å². The summed E-state index contributed by atoms with van der Waals surface area (Å²) >= 11 is 0. The van der Waals surface area contributed by atoms with E-state index in [1.165, 1.54) is 6.33 Å². The number of anilines is 3. The molecule has 5 nitrogen and oxygen atoms in total. The summed E-state index contributed by atoms with van der Waals surface area (Å²) in [5, 5.41) is 0. The summed E-state index contributed by atoms with van der Waals surface area (Å²) in [4.78, 5) is 10.5. The third-order valence-electron chi connectivity index (χ3n) is 2.88. The van der Waals surface area contributed by atoms with Crippen LogP contribution in [0.1, 0.15) is 19.8 Å². The van der Waals surface area contributed by atoms with Gasteiger partial charge in [0.2, 0.25) is 0 Å². The molecule has 0 atom stereocenters. The minimum absolute atomic E-state index is 0.613. The quantitative estimate of drug-likeness (QED) is 0.615. The van der Waals surface area contributed by atoms with Crippen molar-refractivity contribution in [3.8, 4) is 0 Å². The molecule has 0 radical (unpaired) electrons. The molecule has 19 heavy (non-hydrogen) atoms. The number of para-hydroxylation sites is 1. The average Bonchev–Trinajstić information content (AvgIpc) is 2.49. The molecule has 0 unspecified atom stereocenters. The van der Waals surface area contributed by atoms with Gasteiger partial charge in [-0.05, 0) is 18.6 Å². The van der Waals surface area contributed by atoms with E-state index in [2.05, 4.69) is 39.4 Å². The highest BCUT2D eigenvalue weighted by molar-refractivity contribution is 5.61. The molecule has 2 aromatic rings. The third-order valence-corrected chi connectivity index (χ3v) is 2.88.